The van der Waals surface area contributed by atoms with Crippen LogP contribution in [-0.4, -0.2) is 18.6 Å². The number of halogens is 1. The Bertz CT molecular complexity index is 605. The molecule has 2 aromatic rings. The molecule has 0 atom stereocenters. The number of methoxy groups -OCH3 is 1. The van der Waals surface area contributed by atoms with Gasteiger partial charge in [0.05, 0.1) is 11.6 Å². The predicted molar refractivity (Wildman–Crippen MR) is 95.9 cm³/mol. The van der Waals surface area contributed by atoms with E-state index in [1.807, 2.05) is 18.2 Å². The Morgan fingerprint density at radius 2 is 2.13 bits per heavy atom. The Morgan fingerprint density at radius 3 is 2.83 bits per heavy atom. The molecule has 0 saturated heterocycles. The summed E-state index contributed by atoms with van der Waals surface area (Å²) in [6.07, 6.45) is 5.93. The minimum atomic E-state index is 0.455. The molecule has 5 heteroatoms. The number of hydrogen-bond donors (Lipinski definition) is 1. The lowest BCUT2D eigenvalue weighted by atomic mass is 10.2. The molecule has 0 aliphatic heterocycles. The molecule has 0 radical (unpaired) electrons. The highest BCUT2D eigenvalue weighted by Gasteiger charge is 2.12. The number of aromatic nitrogens is 1. The van der Waals surface area contributed by atoms with Crippen molar-refractivity contribution in [2.24, 2.45) is 0 Å². The molecule has 0 aliphatic rings. The lowest BCUT2D eigenvalue weighted by molar-refractivity contribution is 0.282. The van der Waals surface area contributed by atoms with Crippen molar-refractivity contribution < 1.29 is 9.47 Å². The van der Waals surface area contributed by atoms with Gasteiger partial charge in [-0.25, -0.2) is 0 Å². The lowest BCUT2D eigenvalue weighted by Gasteiger charge is -2.15. The maximum absolute atomic E-state index is 5.91. The van der Waals surface area contributed by atoms with E-state index in [1.54, 1.807) is 19.5 Å². The second-order valence-electron chi connectivity index (χ2n) is 5.29. The molecule has 0 fully saturated rings. The van der Waals surface area contributed by atoms with Crippen molar-refractivity contribution in [3.05, 3.63) is 52.3 Å². The smallest absolute Gasteiger partial charge is 0.175 e. The largest absolute Gasteiger partial charge is 0.493 e. The molecule has 1 heterocycles. The summed E-state index contributed by atoms with van der Waals surface area (Å²) >= 11 is 3.59. The summed E-state index contributed by atoms with van der Waals surface area (Å²) in [5.41, 5.74) is 2.19. The van der Waals surface area contributed by atoms with E-state index < -0.39 is 0 Å². The predicted octanol–water partition coefficient (Wildman–Crippen LogP) is 4.32. The fraction of sp³-hybridized carbons (Fsp3) is 0.389. The molecule has 23 heavy (non-hydrogen) atoms. The summed E-state index contributed by atoms with van der Waals surface area (Å²) in [6, 6.07) is 7.97. The van der Waals surface area contributed by atoms with Gasteiger partial charge in [0, 0.05) is 24.5 Å². The summed E-state index contributed by atoms with van der Waals surface area (Å²) in [5, 5.41) is 3.43. The quantitative estimate of drug-likeness (QED) is 0.659. The first-order valence-electron chi connectivity index (χ1n) is 7.83. The number of pyridine rings is 1. The third kappa shape index (κ3) is 5.52. The van der Waals surface area contributed by atoms with Gasteiger partial charge in [-0.05, 0) is 52.7 Å². The Labute approximate surface area is 146 Å². The average Bonchev–Trinajstić information content (AvgIpc) is 2.58. The number of nitrogens with one attached hydrogen (secondary N) is 1. The first-order valence-corrected chi connectivity index (χ1v) is 8.62. The van der Waals surface area contributed by atoms with Gasteiger partial charge in [-0.3, -0.25) is 4.98 Å². The van der Waals surface area contributed by atoms with E-state index in [2.05, 4.69) is 39.2 Å². The molecule has 4 nitrogen and oxygen atoms in total. The van der Waals surface area contributed by atoms with Crippen LogP contribution in [0.1, 0.15) is 30.9 Å². The number of ether oxygens (including phenoxy) is 2. The van der Waals surface area contributed by atoms with Crippen LogP contribution in [0.4, 0.5) is 0 Å². The van der Waals surface area contributed by atoms with E-state index in [4.69, 9.17) is 9.47 Å². The van der Waals surface area contributed by atoms with E-state index >= 15 is 0 Å². The zero-order valence-corrected chi connectivity index (χ0v) is 15.2. The summed E-state index contributed by atoms with van der Waals surface area (Å²) in [4.78, 5) is 4.09. The van der Waals surface area contributed by atoms with Crippen LogP contribution < -0.4 is 14.8 Å². The molecule has 1 N–H and O–H groups in total. The third-order valence-electron chi connectivity index (χ3n) is 3.43. The number of unbranched alkanes of at least 4 members (excludes halogenated alkanes) is 1. The minimum Gasteiger partial charge on any atom is -0.493 e. The van der Waals surface area contributed by atoms with Crippen LogP contribution in [0.5, 0.6) is 11.5 Å². The van der Waals surface area contributed by atoms with E-state index in [9.17, 15) is 0 Å². The SMILES string of the molecule is CCCCNCc1cc(Br)c(OCc2cccnc2)c(OC)c1. The summed E-state index contributed by atoms with van der Waals surface area (Å²) in [5.74, 6) is 1.45. The summed E-state index contributed by atoms with van der Waals surface area (Å²) in [6.45, 7) is 4.49. The first-order chi connectivity index (χ1) is 11.2. The second kappa shape index (κ2) is 9.53. The second-order valence-corrected chi connectivity index (χ2v) is 6.14. The van der Waals surface area contributed by atoms with Crippen LogP contribution in [0.25, 0.3) is 0 Å². The van der Waals surface area contributed by atoms with E-state index in [1.165, 1.54) is 18.4 Å². The van der Waals surface area contributed by atoms with Crippen molar-refractivity contribution in [3.8, 4) is 11.5 Å². The van der Waals surface area contributed by atoms with E-state index in [0.717, 1.165) is 28.9 Å². The lowest BCUT2D eigenvalue weighted by Crippen LogP contribution is -2.14. The fourth-order valence-corrected chi connectivity index (χ4v) is 2.79. The average molecular weight is 379 g/mol. The topological polar surface area (TPSA) is 43.4 Å². The highest BCUT2D eigenvalue weighted by atomic mass is 79.9. The molecule has 124 valence electrons. The van der Waals surface area contributed by atoms with Crippen LogP contribution in [0.3, 0.4) is 0 Å². The minimum absolute atomic E-state index is 0.455. The molecule has 0 spiro atoms. The molecule has 0 unspecified atom stereocenters. The van der Waals surface area contributed by atoms with Gasteiger partial charge < -0.3 is 14.8 Å². The van der Waals surface area contributed by atoms with Gasteiger partial charge in [-0.2, -0.15) is 0 Å². The zero-order valence-electron chi connectivity index (χ0n) is 13.6. The maximum atomic E-state index is 5.91. The highest BCUT2D eigenvalue weighted by molar-refractivity contribution is 9.10. The third-order valence-corrected chi connectivity index (χ3v) is 4.02. The van der Waals surface area contributed by atoms with E-state index in [0.29, 0.717) is 12.4 Å². The van der Waals surface area contributed by atoms with Crippen molar-refractivity contribution >= 4 is 15.9 Å². The zero-order chi connectivity index (χ0) is 16.5. The van der Waals surface area contributed by atoms with Crippen molar-refractivity contribution in [1.29, 1.82) is 0 Å². The molecule has 2 rings (SSSR count). The molecule has 0 amide bonds. The molecular weight excluding hydrogens is 356 g/mol. The van der Waals surface area contributed by atoms with Crippen molar-refractivity contribution in [3.63, 3.8) is 0 Å². The summed E-state index contributed by atoms with van der Waals surface area (Å²) < 4.78 is 12.3. The van der Waals surface area contributed by atoms with Gasteiger partial charge >= 0.3 is 0 Å². The molecule has 0 saturated carbocycles. The van der Waals surface area contributed by atoms with Gasteiger partial charge in [-0.15, -0.1) is 0 Å². The molecule has 1 aromatic carbocycles. The van der Waals surface area contributed by atoms with Crippen LogP contribution in [0.15, 0.2) is 41.1 Å². The summed E-state index contributed by atoms with van der Waals surface area (Å²) in [7, 11) is 1.66. The number of nitrogens with zero attached hydrogens (tertiary/aromatic N) is 1. The standard InChI is InChI=1S/C18H23BrN2O2/c1-3-4-7-20-12-15-9-16(19)18(17(10-15)22-2)23-13-14-6-5-8-21-11-14/h5-6,8-11,20H,3-4,7,12-13H2,1-2H3. The van der Waals surface area contributed by atoms with Gasteiger partial charge in [-0.1, -0.05) is 19.4 Å². The van der Waals surface area contributed by atoms with Crippen LogP contribution in [-0.2, 0) is 13.2 Å². The normalized spacial score (nSPS) is 10.6. The van der Waals surface area contributed by atoms with Gasteiger partial charge in [0.1, 0.15) is 6.61 Å². The number of hydrogen-bond acceptors (Lipinski definition) is 4. The Kier molecular flexibility index (Phi) is 7.36. The molecule has 1 aromatic heterocycles. The van der Waals surface area contributed by atoms with Gasteiger partial charge in [0.2, 0.25) is 0 Å². The van der Waals surface area contributed by atoms with Gasteiger partial charge in [0.15, 0.2) is 11.5 Å². The van der Waals surface area contributed by atoms with Gasteiger partial charge in [0.25, 0.3) is 0 Å². The first kappa shape index (κ1) is 17.8. The van der Waals surface area contributed by atoms with Crippen molar-refractivity contribution in [2.75, 3.05) is 13.7 Å². The van der Waals surface area contributed by atoms with Crippen molar-refractivity contribution in [1.82, 2.24) is 10.3 Å². The van der Waals surface area contributed by atoms with Crippen LogP contribution in [0.2, 0.25) is 0 Å². The molecule has 0 aliphatic carbocycles. The van der Waals surface area contributed by atoms with Crippen LogP contribution >= 0.6 is 15.9 Å². The Morgan fingerprint density at radius 1 is 1.26 bits per heavy atom. The number of benzene rings is 1. The van der Waals surface area contributed by atoms with Crippen molar-refractivity contribution in [2.45, 2.75) is 32.9 Å². The van der Waals surface area contributed by atoms with Crippen LogP contribution in [0, 0.1) is 0 Å². The monoisotopic (exact) mass is 378 g/mol. The molecular formula is C18H23BrN2O2. The molecule has 0 bridgehead atoms. The maximum Gasteiger partial charge on any atom is 0.175 e. The number of rotatable bonds is 9. The fourth-order valence-electron chi connectivity index (χ4n) is 2.19. The highest BCUT2D eigenvalue weighted by Crippen LogP contribution is 2.37. The van der Waals surface area contributed by atoms with E-state index in [-0.39, 0.29) is 0 Å². The Balaban J connectivity index is 2.04. The Hall–Kier alpha value is -1.59.